The monoisotopic (exact) mass is 248 g/mol. The van der Waals surface area contributed by atoms with Crippen LogP contribution in [0.4, 0.5) is 0 Å². The van der Waals surface area contributed by atoms with E-state index in [1.807, 2.05) is 13.8 Å². The molecule has 0 fully saturated rings. The van der Waals surface area contributed by atoms with E-state index in [0.29, 0.717) is 6.41 Å². The summed E-state index contributed by atoms with van der Waals surface area (Å²) >= 11 is 5.44. The van der Waals surface area contributed by atoms with Crippen molar-refractivity contribution in [2.24, 2.45) is 5.92 Å². The number of carbonyl (C=O) groups excluding carboxylic acids is 3. The van der Waals surface area contributed by atoms with Crippen LogP contribution in [0.1, 0.15) is 20.8 Å². The fourth-order valence-corrected chi connectivity index (χ4v) is 1.32. The van der Waals surface area contributed by atoms with Crippen molar-refractivity contribution in [3.8, 4) is 0 Å². The Kier molecular flexibility index (Phi) is 6.72. The molecule has 0 aromatic rings. The zero-order valence-corrected chi connectivity index (χ0v) is 10.4. The second-order valence-electron chi connectivity index (χ2n) is 3.84. The van der Waals surface area contributed by atoms with Crippen LogP contribution >= 0.6 is 11.6 Å². The smallest absolute Gasteiger partial charge is 0.242 e. The van der Waals surface area contributed by atoms with E-state index in [4.69, 9.17) is 11.6 Å². The Labute approximate surface area is 99.9 Å². The maximum atomic E-state index is 11.5. The lowest BCUT2D eigenvalue weighted by Gasteiger charge is -2.22. The summed E-state index contributed by atoms with van der Waals surface area (Å²) in [4.78, 5) is 33.1. The van der Waals surface area contributed by atoms with Gasteiger partial charge in [0, 0.05) is 0 Å². The molecule has 0 bridgehead atoms. The molecule has 0 radical (unpaired) electrons. The molecule has 0 unspecified atom stereocenters. The highest BCUT2D eigenvalue weighted by Crippen LogP contribution is 2.04. The fourth-order valence-electron chi connectivity index (χ4n) is 1.16. The summed E-state index contributed by atoms with van der Waals surface area (Å²) in [6.45, 7) is 5.16. The van der Waals surface area contributed by atoms with Gasteiger partial charge >= 0.3 is 0 Å². The predicted octanol–water partition coefficient (Wildman–Crippen LogP) is 0.0696. The molecule has 0 aliphatic rings. The molecule has 2 atom stereocenters. The van der Waals surface area contributed by atoms with Crippen molar-refractivity contribution < 1.29 is 14.4 Å². The van der Waals surface area contributed by atoms with Crippen LogP contribution in [0.25, 0.3) is 0 Å². The van der Waals surface area contributed by atoms with Gasteiger partial charge in [-0.2, -0.15) is 0 Å². The molecular formula is C10H17ClN2O3. The van der Waals surface area contributed by atoms with E-state index in [-0.39, 0.29) is 17.6 Å². The number of hydrogen-bond donors (Lipinski definition) is 2. The van der Waals surface area contributed by atoms with Crippen LogP contribution in [0.15, 0.2) is 0 Å². The highest BCUT2D eigenvalue weighted by molar-refractivity contribution is 6.28. The second-order valence-corrected chi connectivity index (χ2v) is 4.10. The molecule has 5 nitrogen and oxygen atoms in total. The van der Waals surface area contributed by atoms with Gasteiger partial charge in [0.1, 0.15) is 6.04 Å². The Bertz CT molecular complexity index is 269. The Morgan fingerprint density at radius 3 is 2.25 bits per heavy atom. The Morgan fingerprint density at radius 1 is 1.31 bits per heavy atom. The summed E-state index contributed by atoms with van der Waals surface area (Å²) in [6.07, 6.45) is 0.442. The van der Waals surface area contributed by atoms with Gasteiger partial charge in [-0.3, -0.25) is 14.4 Å². The summed E-state index contributed by atoms with van der Waals surface area (Å²) in [6, 6.07) is -1.28. The second kappa shape index (κ2) is 7.22. The van der Waals surface area contributed by atoms with Crippen LogP contribution in [-0.2, 0) is 14.4 Å². The van der Waals surface area contributed by atoms with E-state index in [2.05, 4.69) is 10.6 Å². The highest BCUT2D eigenvalue weighted by atomic mass is 35.5. The topological polar surface area (TPSA) is 75.3 Å². The summed E-state index contributed by atoms with van der Waals surface area (Å²) < 4.78 is 0. The SMILES string of the molecule is CC(C)[C@H](NC(=O)[C@H](C)NC=O)C(=O)CCl. The zero-order chi connectivity index (χ0) is 12.7. The van der Waals surface area contributed by atoms with Gasteiger partial charge in [0.05, 0.1) is 11.9 Å². The molecule has 0 aliphatic carbocycles. The molecule has 0 aliphatic heterocycles. The van der Waals surface area contributed by atoms with E-state index in [9.17, 15) is 14.4 Å². The van der Waals surface area contributed by atoms with Crippen molar-refractivity contribution in [3.05, 3.63) is 0 Å². The van der Waals surface area contributed by atoms with Crippen LogP contribution in [0.2, 0.25) is 0 Å². The largest absolute Gasteiger partial charge is 0.347 e. The highest BCUT2D eigenvalue weighted by Gasteiger charge is 2.24. The maximum absolute atomic E-state index is 11.5. The van der Waals surface area contributed by atoms with Gasteiger partial charge in [0.15, 0.2) is 5.78 Å². The zero-order valence-electron chi connectivity index (χ0n) is 9.62. The van der Waals surface area contributed by atoms with Crippen LogP contribution in [-0.4, -0.2) is 36.1 Å². The summed E-state index contributed by atoms with van der Waals surface area (Å²) in [7, 11) is 0. The van der Waals surface area contributed by atoms with Crippen molar-refractivity contribution in [2.45, 2.75) is 32.9 Å². The van der Waals surface area contributed by atoms with E-state index in [0.717, 1.165) is 0 Å². The number of halogens is 1. The van der Waals surface area contributed by atoms with Gasteiger partial charge in [-0.25, -0.2) is 0 Å². The summed E-state index contributed by atoms with van der Waals surface area (Å²) in [5.74, 6) is -0.815. The fraction of sp³-hybridized carbons (Fsp3) is 0.700. The molecule has 92 valence electrons. The van der Waals surface area contributed by atoms with Gasteiger partial charge in [0.25, 0.3) is 0 Å². The average Bonchev–Trinajstić information content (AvgIpc) is 2.24. The van der Waals surface area contributed by atoms with E-state index in [1.165, 1.54) is 6.92 Å². The van der Waals surface area contributed by atoms with E-state index >= 15 is 0 Å². The average molecular weight is 249 g/mol. The number of amides is 2. The maximum Gasteiger partial charge on any atom is 0.242 e. The molecule has 0 heterocycles. The number of Topliss-reactive ketones (excluding diaryl/α,β-unsaturated/α-hetero) is 1. The van der Waals surface area contributed by atoms with Crippen molar-refractivity contribution in [1.29, 1.82) is 0 Å². The first-order valence-corrected chi connectivity index (χ1v) is 5.56. The number of hydrogen-bond acceptors (Lipinski definition) is 3. The molecule has 16 heavy (non-hydrogen) atoms. The first-order chi connectivity index (χ1) is 7.43. The third kappa shape index (κ3) is 4.61. The molecule has 0 rings (SSSR count). The molecule has 0 saturated heterocycles. The van der Waals surface area contributed by atoms with Crippen molar-refractivity contribution in [2.75, 3.05) is 5.88 Å². The van der Waals surface area contributed by atoms with Crippen molar-refractivity contribution in [3.63, 3.8) is 0 Å². The quantitative estimate of drug-likeness (QED) is 0.495. The van der Waals surface area contributed by atoms with Crippen LogP contribution in [0, 0.1) is 5.92 Å². The third-order valence-electron chi connectivity index (χ3n) is 2.15. The number of nitrogens with one attached hydrogen (secondary N) is 2. The van der Waals surface area contributed by atoms with Gasteiger partial charge in [0.2, 0.25) is 12.3 Å². The third-order valence-corrected chi connectivity index (χ3v) is 2.42. The van der Waals surface area contributed by atoms with Crippen molar-refractivity contribution in [1.82, 2.24) is 10.6 Å². The molecule has 0 aromatic carbocycles. The van der Waals surface area contributed by atoms with Crippen LogP contribution in [0.3, 0.4) is 0 Å². The Balaban J connectivity index is 4.45. The molecule has 0 saturated carbocycles. The minimum Gasteiger partial charge on any atom is -0.347 e. The molecule has 2 N–H and O–H groups in total. The standard InChI is InChI=1S/C10H17ClN2O3/c1-6(2)9(8(15)4-11)13-10(16)7(3)12-5-14/h5-7,9H,4H2,1-3H3,(H,12,14)(H,13,16)/t7-,9-/m0/s1. The molecule has 0 spiro atoms. The van der Waals surface area contributed by atoms with E-state index in [1.54, 1.807) is 0 Å². The first-order valence-electron chi connectivity index (χ1n) is 5.02. The minimum absolute atomic E-state index is 0.0429. The number of ketones is 1. The number of alkyl halides is 1. The predicted molar refractivity (Wildman–Crippen MR) is 61.2 cm³/mol. The number of carbonyl (C=O) groups is 3. The van der Waals surface area contributed by atoms with Gasteiger partial charge in [-0.05, 0) is 12.8 Å². The van der Waals surface area contributed by atoms with Gasteiger partial charge < -0.3 is 10.6 Å². The number of rotatable bonds is 7. The molecular weight excluding hydrogens is 232 g/mol. The normalized spacial score (nSPS) is 14.1. The van der Waals surface area contributed by atoms with Crippen LogP contribution in [0.5, 0.6) is 0 Å². The Hall–Kier alpha value is -1.10. The molecule has 0 aromatic heterocycles. The van der Waals surface area contributed by atoms with Gasteiger partial charge in [-0.15, -0.1) is 11.6 Å². The van der Waals surface area contributed by atoms with Crippen molar-refractivity contribution >= 4 is 29.7 Å². The summed E-state index contributed by atoms with van der Waals surface area (Å²) in [5.41, 5.74) is 0. The van der Waals surface area contributed by atoms with Gasteiger partial charge in [-0.1, -0.05) is 13.8 Å². The van der Waals surface area contributed by atoms with E-state index < -0.39 is 18.0 Å². The molecule has 6 heteroatoms. The minimum atomic E-state index is -0.665. The lowest BCUT2D eigenvalue weighted by molar-refractivity contribution is -0.129. The lowest BCUT2D eigenvalue weighted by Crippen LogP contribution is -2.51. The Morgan fingerprint density at radius 2 is 1.88 bits per heavy atom. The lowest BCUT2D eigenvalue weighted by atomic mass is 10.0. The first kappa shape index (κ1) is 14.9. The molecule has 2 amide bonds. The summed E-state index contributed by atoms with van der Waals surface area (Å²) in [5, 5.41) is 4.87. The van der Waals surface area contributed by atoms with Crippen LogP contribution < -0.4 is 10.6 Å².